The summed E-state index contributed by atoms with van der Waals surface area (Å²) in [6.45, 7) is 3.71. The van der Waals surface area contributed by atoms with Gasteiger partial charge in [0.15, 0.2) is 5.90 Å². The lowest BCUT2D eigenvalue weighted by atomic mass is 10.3. The Morgan fingerprint density at radius 1 is 1.80 bits per heavy atom. The van der Waals surface area contributed by atoms with Gasteiger partial charge in [-0.05, 0) is 12.3 Å². The van der Waals surface area contributed by atoms with E-state index in [1.807, 2.05) is 6.08 Å². The molecule has 0 unspecified atom stereocenters. The predicted molar refractivity (Wildman–Crippen MR) is 42.2 cm³/mol. The summed E-state index contributed by atoms with van der Waals surface area (Å²) in [5.74, 6) is 2.00. The van der Waals surface area contributed by atoms with Gasteiger partial charge in [-0.25, -0.2) is 0 Å². The van der Waals surface area contributed by atoms with Crippen LogP contribution in [0, 0.1) is 11.8 Å². The van der Waals surface area contributed by atoms with Crippen molar-refractivity contribution in [2.45, 2.75) is 6.42 Å². The Balaban J connectivity index is 2.44. The van der Waals surface area contributed by atoms with Crippen molar-refractivity contribution in [1.82, 2.24) is 0 Å². The zero-order valence-electron chi connectivity index (χ0n) is 6.50. The van der Waals surface area contributed by atoms with Gasteiger partial charge in [-0.2, -0.15) is 0 Å². The quantitative estimate of drug-likeness (QED) is 0.322. The fourth-order valence-electron chi connectivity index (χ4n) is 1.17. The summed E-state index contributed by atoms with van der Waals surface area (Å²) in [6, 6.07) is 0. The Hall–Kier alpha value is -0.790. The highest BCUT2D eigenvalue weighted by atomic mass is 16.5. The third kappa shape index (κ3) is 1.20. The maximum Gasteiger partial charge on any atom is 0.186 e. The van der Waals surface area contributed by atoms with E-state index in [2.05, 4.69) is 11.6 Å². The molecule has 0 aromatic rings. The first kappa shape index (κ1) is 7.32. The molecule has 2 atom stereocenters. The van der Waals surface area contributed by atoms with E-state index >= 15 is 0 Å². The lowest BCUT2D eigenvalue weighted by molar-refractivity contribution is 0.384. The van der Waals surface area contributed by atoms with Crippen LogP contribution in [0.15, 0.2) is 17.6 Å². The molecule has 2 nitrogen and oxygen atoms in total. The molecule has 1 rings (SSSR count). The Morgan fingerprint density at radius 2 is 2.50 bits per heavy atom. The van der Waals surface area contributed by atoms with E-state index < -0.39 is 0 Å². The summed E-state index contributed by atoms with van der Waals surface area (Å²) in [7, 11) is 3.43. The summed E-state index contributed by atoms with van der Waals surface area (Å²) in [5.41, 5.74) is 0. The average Bonchev–Trinajstić information content (AvgIpc) is 2.70. The van der Waals surface area contributed by atoms with Crippen molar-refractivity contribution in [2.75, 3.05) is 14.2 Å². The highest BCUT2D eigenvalue weighted by Gasteiger charge is 2.39. The second-order valence-corrected chi connectivity index (χ2v) is 2.51. The smallest absolute Gasteiger partial charge is 0.186 e. The van der Waals surface area contributed by atoms with Crippen molar-refractivity contribution in [3.05, 3.63) is 12.7 Å². The minimum atomic E-state index is 0.521. The summed E-state index contributed by atoms with van der Waals surface area (Å²) >= 11 is 0. The van der Waals surface area contributed by atoms with E-state index in [9.17, 15) is 0 Å². The number of allylic oxidation sites excluding steroid dienone is 1. The van der Waals surface area contributed by atoms with Crippen LogP contribution in [0.2, 0.25) is 0 Å². The van der Waals surface area contributed by atoms with Crippen LogP contribution < -0.4 is 0 Å². The number of hydrogen-bond donors (Lipinski definition) is 0. The molecule has 0 amide bonds. The summed E-state index contributed by atoms with van der Waals surface area (Å²) < 4.78 is 5.06. The summed E-state index contributed by atoms with van der Waals surface area (Å²) in [5, 5.41) is 0. The van der Waals surface area contributed by atoms with Crippen LogP contribution in [0.5, 0.6) is 0 Å². The highest BCUT2D eigenvalue weighted by Crippen LogP contribution is 2.40. The number of methoxy groups -OCH3 is 1. The van der Waals surface area contributed by atoms with Gasteiger partial charge in [0.1, 0.15) is 0 Å². The van der Waals surface area contributed by atoms with Crippen molar-refractivity contribution >= 4 is 5.90 Å². The Kier molecular flexibility index (Phi) is 2.10. The fraction of sp³-hybridized carbons (Fsp3) is 0.625. The monoisotopic (exact) mass is 139 g/mol. The highest BCUT2D eigenvalue weighted by molar-refractivity contribution is 5.81. The molecule has 0 saturated heterocycles. The van der Waals surface area contributed by atoms with Crippen LogP contribution in [0.25, 0.3) is 0 Å². The van der Waals surface area contributed by atoms with Gasteiger partial charge in [0, 0.05) is 13.0 Å². The molecule has 0 bridgehead atoms. The van der Waals surface area contributed by atoms with Crippen LogP contribution >= 0.6 is 0 Å². The number of nitrogens with zero attached hydrogens (tertiary/aromatic N) is 1. The molecule has 2 heteroatoms. The van der Waals surface area contributed by atoms with Gasteiger partial charge < -0.3 is 4.74 Å². The third-order valence-corrected chi connectivity index (χ3v) is 1.89. The molecule has 1 aliphatic carbocycles. The first-order chi connectivity index (χ1) is 4.83. The maximum atomic E-state index is 5.06. The molecule has 0 aromatic heterocycles. The minimum Gasteiger partial charge on any atom is -0.484 e. The van der Waals surface area contributed by atoms with Crippen LogP contribution in [-0.2, 0) is 4.74 Å². The largest absolute Gasteiger partial charge is 0.484 e. The maximum absolute atomic E-state index is 5.06. The molecule has 0 heterocycles. The van der Waals surface area contributed by atoms with E-state index in [4.69, 9.17) is 4.74 Å². The summed E-state index contributed by atoms with van der Waals surface area (Å²) in [4.78, 5) is 4.01. The van der Waals surface area contributed by atoms with E-state index in [0.29, 0.717) is 11.8 Å². The molecular formula is C8H13NO. The lowest BCUT2D eigenvalue weighted by Gasteiger charge is -1.99. The molecule has 0 N–H and O–H groups in total. The number of ether oxygens (including phenoxy) is 1. The molecule has 0 aliphatic heterocycles. The molecule has 1 fully saturated rings. The van der Waals surface area contributed by atoms with Gasteiger partial charge in [0.05, 0.1) is 7.11 Å². The zero-order valence-corrected chi connectivity index (χ0v) is 6.50. The van der Waals surface area contributed by atoms with E-state index in [0.717, 1.165) is 12.3 Å². The van der Waals surface area contributed by atoms with Crippen LogP contribution in [0.1, 0.15) is 6.42 Å². The number of aliphatic imine (C=N–C) groups is 1. The first-order valence-electron chi connectivity index (χ1n) is 3.46. The molecule has 1 saturated carbocycles. The second kappa shape index (κ2) is 2.86. The molecule has 0 radical (unpaired) electrons. The van der Waals surface area contributed by atoms with Crippen molar-refractivity contribution in [3.63, 3.8) is 0 Å². The molecule has 56 valence electrons. The molecule has 1 aliphatic rings. The standard InChI is InChI=1S/C8H13NO/c1-4-6-5-7(6)8(9-2)10-3/h4,6-7H,1,5H2,2-3H3/t6-,7+/m0/s1. The van der Waals surface area contributed by atoms with Crippen LogP contribution in [0.3, 0.4) is 0 Å². The summed E-state index contributed by atoms with van der Waals surface area (Å²) in [6.07, 6.45) is 3.12. The van der Waals surface area contributed by atoms with Crippen LogP contribution in [0.4, 0.5) is 0 Å². The average molecular weight is 139 g/mol. The normalized spacial score (nSPS) is 31.6. The predicted octanol–water partition coefficient (Wildman–Crippen LogP) is 1.48. The minimum absolute atomic E-state index is 0.521. The Morgan fingerprint density at radius 3 is 2.80 bits per heavy atom. The molecular weight excluding hydrogens is 126 g/mol. The van der Waals surface area contributed by atoms with Gasteiger partial charge in [-0.1, -0.05) is 6.08 Å². The number of rotatable bonds is 2. The van der Waals surface area contributed by atoms with Crippen molar-refractivity contribution in [2.24, 2.45) is 16.8 Å². The Bertz CT molecular complexity index is 163. The first-order valence-corrected chi connectivity index (χ1v) is 3.46. The second-order valence-electron chi connectivity index (χ2n) is 2.51. The van der Waals surface area contributed by atoms with Gasteiger partial charge in [-0.15, -0.1) is 6.58 Å². The van der Waals surface area contributed by atoms with Gasteiger partial charge in [0.25, 0.3) is 0 Å². The molecule has 10 heavy (non-hydrogen) atoms. The SMILES string of the molecule is C=C[C@H]1C[C@H]1C(=NC)OC. The topological polar surface area (TPSA) is 21.6 Å². The van der Waals surface area contributed by atoms with Gasteiger partial charge >= 0.3 is 0 Å². The zero-order chi connectivity index (χ0) is 7.56. The Labute approximate surface area is 61.6 Å². The van der Waals surface area contributed by atoms with Gasteiger partial charge in [-0.3, -0.25) is 4.99 Å². The lowest BCUT2D eigenvalue weighted by Crippen LogP contribution is -2.04. The van der Waals surface area contributed by atoms with E-state index in [-0.39, 0.29) is 0 Å². The number of hydrogen-bond acceptors (Lipinski definition) is 2. The molecule has 0 spiro atoms. The fourth-order valence-corrected chi connectivity index (χ4v) is 1.17. The van der Waals surface area contributed by atoms with Gasteiger partial charge in [0.2, 0.25) is 0 Å². The van der Waals surface area contributed by atoms with Crippen molar-refractivity contribution in [3.8, 4) is 0 Å². The van der Waals surface area contributed by atoms with E-state index in [1.54, 1.807) is 14.2 Å². The van der Waals surface area contributed by atoms with Crippen LogP contribution in [-0.4, -0.2) is 20.1 Å². The van der Waals surface area contributed by atoms with Crippen molar-refractivity contribution < 1.29 is 4.74 Å². The van der Waals surface area contributed by atoms with E-state index in [1.165, 1.54) is 0 Å². The molecule has 0 aromatic carbocycles. The third-order valence-electron chi connectivity index (χ3n) is 1.89. The van der Waals surface area contributed by atoms with Crippen molar-refractivity contribution in [1.29, 1.82) is 0 Å².